The van der Waals surface area contributed by atoms with Gasteiger partial charge in [-0.2, -0.15) is 17.0 Å². The molecule has 1 aliphatic rings. The highest BCUT2D eigenvalue weighted by Crippen LogP contribution is 2.34. The van der Waals surface area contributed by atoms with Crippen molar-refractivity contribution < 1.29 is 4.74 Å². The van der Waals surface area contributed by atoms with Crippen molar-refractivity contribution in [2.45, 2.75) is 17.6 Å². The lowest BCUT2D eigenvalue weighted by Gasteiger charge is -2.36. The van der Waals surface area contributed by atoms with Gasteiger partial charge < -0.3 is 10.1 Å². The summed E-state index contributed by atoms with van der Waals surface area (Å²) in [5.41, 5.74) is 1.47. The third-order valence-electron chi connectivity index (χ3n) is 3.54. The lowest BCUT2D eigenvalue weighted by atomic mass is 9.99. The fourth-order valence-electron chi connectivity index (χ4n) is 2.18. The summed E-state index contributed by atoms with van der Waals surface area (Å²) in [5, 5.41) is 12.8. The van der Waals surface area contributed by atoms with Crippen LogP contribution in [0.4, 0.5) is 5.69 Å². The van der Waals surface area contributed by atoms with Gasteiger partial charge in [0, 0.05) is 30.2 Å². The van der Waals surface area contributed by atoms with Crippen LogP contribution in [0, 0.1) is 11.3 Å². The van der Waals surface area contributed by atoms with Crippen molar-refractivity contribution in [1.29, 1.82) is 5.26 Å². The maximum absolute atomic E-state index is 8.85. The summed E-state index contributed by atoms with van der Waals surface area (Å²) in [6, 6.07) is 7.53. The zero-order chi connectivity index (χ0) is 13.7. The number of ether oxygens (including phenoxy) is 1. The highest BCUT2D eigenvalue weighted by molar-refractivity contribution is 8.00. The Balaban J connectivity index is 2.01. The van der Waals surface area contributed by atoms with Gasteiger partial charge in [-0.3, -0.25) is 0 Å². The van der Waals surface area contributed by atoms with Crippen LogP contribution >= 0.6 is 23.4 Å². The standard InChI is InChI=1S/C14H17ClN2OS/c1-19-14(4-6-18-7-5-14)10-17-12-3-2-11(9-16)13(15)8-12/h2-3,8,17H,4-7,10H2,1H3. The molecule has 1 aromatic rings. The Bertz CT molecular complexity index is 481. The summed E-state index contributed by atoms with van der Waals surface area (Å²) in [6.07, 6.45) is 4.27. The van der Waals surface area contributed by atoms with E-state index in [1.807, 2.05) is 23.9 Å². The van der Waals surface area contributed by atoms with E-state index in [0.29, 0.717) is 10.6 Å². The molecule has 3 nitrogen and oxygen atoms in total. The average molecular weight is 297 g/mol. The smallest absolute Gasteiger partial charge is 0.101 e. The Kier molecular flexibility index (Phi) is 4.98. The van der Waals surface area contributed by atoms with Crippen LogP contribution in [0.1, 0.15) is 18.4 Å². The van der Waals surface area contributed by atoms with Gasteiger partial charge in [0.05, 0.1) is 10.6 Å². The fraction of sp³-hybridized carbons (Fsp3) is 0.500. The number of anilines is 1. The molecule has 0 saturated carbocycles. The average Bonchev–Trinajstić information content (AvgIpc) is 2.46. The Labute approximate surface area is 123 Å². The lowest BCUT2D eigenvalue weighted by Crippen LogP contribution is -2.39. The van der Waals surface area contributed by atoms with Crippen LogP contribution in [0.3, 0.4) is 0 Å². The predicted octanol–water partition coefficient (Wildman–Crippen LogP) is 3.54. The molecule has 5 heteroatoms. The molecule has 1 N–H and O–H groups in total. The number of halogens is 1. The minimum atomic E-state index is 0.235. The number of thioether (sulfide) groups is 1. The molecule has 1 fully saturated rings. The van der Waals surface area contributed by atoms with Crippen LogP contribution in [0.2, 0.25) is 5.02 Å². The predicted molar refractivity (Wildman–Crippen MR) is 81.0 cm³/mol. The zero-order valence-corrected chi connectivity index (χ0v) is 12.5. The van der Waals surface area contributed by atoms with Crippen LogP contribution in [0.5, 0.6) is 0 Å². The molecular weight excluding hydrogens is 280 g/mol. The molecule has 0 unspecified atom stereocenters. The molecule has 19 heavy (non-hydrogen) atoms. The van der Waals surface area contributed by atoms with E-state index < -0.39 is 0 Å². The maximum Gasteiger partial charge on any atom is 0.101 e. The van der Waals surface area contributed by atoms with E-state index in [9.17, 15) is 0 Å². The molecule has 1 aliphatic heterocycles. The molecule has 0 amide bonds. The van der Waals surface area contributed by atoms with Gasteiger partial charge in [0.1, 0.15) is 6.07 Å². The Morgan fingerprint density at radius 3 is 2.79 bits per heavy atom. The van der Waals surface area contributed by atoms with E-state index in [4.69, 9.17) is 21.6 Å². The third kappa shape index (κ3) is 3.56. The molecule has 0 radical (unpaired) electrons. The van der Waals surface area contributed by atoms with Crippen molar-refractivity contribution in [2.24, 2.45) is 0 Å². The number of rotatable bonds is 4. The van der Waals surface area contributed by atoms with E-state index in [2.05, 4.69) is 17.6 Å². The summed E-state index contributed by atoms with van der Waals surface area (Å²) >= 11 is 7.93. The number of hydrogen-bond donors (Lipinski definition) is 1. The number of nitrogens with one attached hydrogen (secondary N) is 1. The first kappa shape index (κ1) is 14.5. The quantitative estimate of drug-likeness (QED) is 0.923. The first-order chi connectivity index (χ1) is 9.19. The second-order valence-corrected chi connectivity index (χ2v) is 6.34. The van der Waals surface area contributed by atoms with Crippen molar-refractivity contribution in [2.75, 3.05) is 31.3 Å². The molecule has 0 aromatic heterocycles. The molecule has 2 rings (SSSR count). The van der Waals surface area contributed by atoms with Crippen molar-refractivity contribution in [3.8, 4) is 6.07 Å². The van der Waals surface area contributed by atoms with Crippen molar-refractivity contribution in [1.82, 2.24) is 0 Å². The van der Waals surface area contributed by atoms with Crippen LogP contribution in [0.25, 0.3) is 0 Å². The van der Waals surface area contributed by atoms with E-state index >= 15 is 0 Å². The first-order valence-corrected chi connectivity index (χ1v) is 7.86. The van der Waals surface area contributed by atoms with E-state index in [1.165, 1.54) is 0 Å². The minimum Gasteiger partial charge on any atom is -0.384 e. The second-order valence-electron chi connectivity index (χ2n) is 4.66. The monoisotopic (exact) mass is 296 g/mol. The van der Waals surface area contributed by atoms with Gasteiger partial charge in [-0.05, 0) is 37.3 Å². The SMILES string of the molecule is CSC1(CNc2ccc(C#N)c(Cl)c2)CCOCC1. The second kappa shape index (κ2) is 6.51. The topological polar surface area (TPSA) is 45.0 Å². The Morgan fingerprint density at radius 2 is 2.21 bits per heavy atom. The molecule has 0 bridgehead atoms. The van der Waals surface area contributed by atoms with Gasteiger partial charge in [-0.1, -0.05) is 11.6 Å². The van der Waals surface area contributed by atoms with Gasteiger partial charge in [0.25, 0.3) is 0 Å². The molecule has 102 valence electrons. The van der Waals surface area contributed by atoms with Gasteiger partial charge in [0.15, 0.2) is 0 Å². The molecule has 1 heterocycles. The number of nitrogens with zero attached hydrogens (tertiary/aromatic N) is 1. The Morgan fingerprint density at radius 1 is 1.47 bits per heavy atom. The molecule has 0 atom stereocenters. The van der Waals surface area contributed by atoms with Crippen LogP contribution in [-0.2, 0) is 4.74 Å². The van der Waals surface area contributed by atoms with Crippen LogP contribution in [0.15, 0.2) is 18.2 Å². The van der Waals surface area contributed by atoms with Crippen molar-refractivity contribution in [3.63, 3.8) is 0 Å². The molecule has 1 saturated heterocycles. The maximum atomic E-state index is 8.85. The molecule has 0 aliphatic carbocycles. The van der Waals surface area contributed by atoms with Crippen molar-refractivity contribution >= 4 is 29.1 Å². The first-order valence-electron chi connectivity index (χ1n) is 6.25. The number of benzene rings is 1. The molecule has 0 spiro atoms. The summed E-state index contributed by atoms with van der Waals surface area (Å²) in [5.74, 6) is 0. The zero-order valence-electron chi connectivity index (χ0n) is 10.9. The molecule has 1 aromatic carbocycles. The highest BCUT2D eigenvalue weighted by atomic mass is 35.5. The van der Waals surface area contributed by atoms with E-state index in [-0.39, 0.29) is 4.75 Å². The normalized spacial score (nSPS) is 17.7. The number of hydrogen-bond acceptors (Lipinski definition) is 4. The minimum absolute atomic E-state index is 0.235. The summed E-state index contributed by atoms with van der Waals surface area (Å²) in [6.45, 7) is 2.55. The Hall–Kier alpha value is -0.890. The van der Waals surface area contributed by atoms with E-state index in [0.717, 1.165) is 38.3 Å². The summed E-state index contributed by atoms with van der Waals surface area (Å²) in [7, 11) is 0. The third-order valence-corrected chi connectivity index (χ3v) is 5.27. The highest BCUT2D eigenvalue weighted by Gasteiger charge is 2.31. The van der Waals surface area contributed by atoms with Crippen molar-refractivity contribution in [3.05, 3.63) is 28.8 Å². The lowest BCUT2D eigenvalue weighted by molar-refractivity contribution is 0.0802. The van der Waals surface area contributed by atoms with E-state index in [1.54, 1.807) is 6.07 Å². The van der Waals surface area contributed by atoms with Gasteiger partial charge >= 0.3 is 0 Å². The van der Waals surface area contributed by atoms with Gasteiger partial charge in [-0.25, -0.2) is 0 Å². The summed E-state index contributed by atoms with van der Waals surface area (Å²) in [4.78, 5) is 0. The largest absolute Gasteiger partial charge is 0.384 e. The number of nitriles is 1. The van der Waals surface area contributed by atoms with Crippen LogP contribution in [-0.4, -0.2) is 30.8 Å². The summed E-state index contributed by atoms with van der Waals surface area (Å²) < 4.78 is 5.66. The fourth-order valence-corrected chi connectivity index (χ4v) is 3.19. The van der Waals surface area contributed by atoms with Gasteiger partial charge in [-0.15, -0.1) is 0 Å². The van der Waals surface area contributed by atoms with Crippen LogP contribution < -0.4 is 5.32 Å². The molecular formula is C14H17ClN2OS. The van der Waals surface area contributed by atoms with Gasteiger partial charge in [0.2, 0.25) is 0 Å².